The predicted molar refractivity (Wildman–Crippen MR) is 55.6 cm³/mol. The molecule has 2 unspecified atom stereocenters. The molecule has 0 aliphatic rings. The molecule has 0 saturated carbocycles. The van der Waals surface area contributed by atoms with Crippen LogP contribution in [0.25, 0.3) is 0 Å². The van der Waals surface area contributed by atoms with Crippen molar-refractivity contribution in [3.63, 3.8) is 0 Å². The SMILES string of the molecule is NC(=O)CC(O)C(O)c1ccc(N)c(F)c1. The Morgan fingerprint density at radius 2 is 2.06 bits per heavy atom. The molecule has 1 rings (SSSR count). The monoisotopic (exact) mass is 228 g/mol. The summed E-state index contributed by atoms with van der Waals surface area (Å²) in [6.07, 6.45) is -3.13. The van der Waals surface area contributed by atoms with Crippen LogP contribution in [0.3, 0.4) is 0 Å². The molecule has 88 valence electrons. The number of aliphatic hydroxyl groups excluding tert-OH is 2. The van der Waals surface area contributed by atoms with Gasteiger partial charge in [0.25, 0.3) is 0 Å². The van der Waals surface area contributed by atoms with Crippen LogP contribution < -0.4 is 11.5 Å². The van der Waals surface area contributed by atoms with Gasteiger partial charge in [0.1, 0.15) is 11.9 Å². The number of hydrogen-bond donors (Lipinski definition) is 4. The molecule has 0 spiro atoms. The molecule has 0 aliphatic heterocycles. The molecule has 5 nitrogen and oxygen atoms in total. The van der Waals surface area contributed by atoms with E-state index in [1.165, 1.54) is 12.1 Å². The summed E-state index contributed by atoms with van der Waals surface area (Å²) in [7, 11) is 0. The number of benzene rings is 1. The molecule has 0 saturated heterocycles. The molecule has 6 N–H and O–H groups in total. The van der Waals surface area contributed by atoms with Crippen LogP contribution in [0.4, 0.5) is 10.1 Å². The van der Waals surface area contributed by atoms with Gasteiger partial charge in [-0.1, -0.05) is 6.07 Å². The summed E-state index contributed by atoms with van der Waals surface area (Å²) in [6, 6.07) is 3.64. The Kier molecular flexibility index (Phi) is 3.81. The van der Waals surface area contributed by atoms with Crippen molar-refractivity contribution in [1.82, 2.24) is 0 Å². The van der Waals surface area contributed by atoms with Gasteiger partial charge in [0, 0.05) is 0 Å². The van der Waals surface area contributed by atoms with Crippen molar-refractivity contribution >= 4 is 11.6 Å². The van der Waals surface area contributed by atoms with Gasteiger partial charge in [0.2, 0.25) is 5.91 Å². The first kappa shape index (κ1) is 12.4. The van der Waals surface area contributed by atoms with Crippen LogP contribution in [0.5, 0.6) is 0 Å². The highest BCUT2D eigenvalue weighted by atomic mass is 19.1. The first-order chi connectivity index (χ1) is 7.41. The molecule has 16 heavy (non-hydrogen) atoms. The van der Waals surface area contributed by atoms with E-state index in [1.807, 2.05) is 0 Å². The fourth-order valence-corrected chi connectivity index (χ4v) is 1.27. The maximum Gasteiger partial charge on any atom is 0.220 e. The Morgan fingerprint density at radius 3 is 2.56 bits per heavy atom. The van der Waals surface area contributed by atoms with Crippen molar-refractivity contribution in [3.05, 3.63) is 29.6 Å². The van der Waals surface area contributed by atoms with Gasteiger partial charge in [0.15, 0.2) is 0 Å². The minimum Gasteiger partial charge on any atom is -0.396 e. The van der Waals surface area contributed by atoms with Crippen LogP contribution in [0.1, 0.15) is 18.1 Å². The third kappa shape index (κ3) is 2.91. The fourth-order valence-electron chi connectivity index (χ4n) is 1.27. The van der Waals surface area contributed by atoms with Crippen LogP contribution in [0.2, 0.25) is 0 Å². The lowest BCUT2D eigenvalue weighted by Gasteiger charge is -2.17. The van der Waals surface area contributed by atoms with Gasteiger partial charge in [-0.15, -0.1) is 0 Å². The van der Waals surface area contributed by atoms with Gasteiger partial charge in [-0.25, -0.2) is 4.39 Å². The number of amides is 1. The summed E-state index contributed by atoms with van der Waals surface area (Å²) >= 11 is 0. The second kappa shape index (κ2) is 4.91. The number of carbonyl (C=O) groups excluding carboxylic acids is 1. The van der Waals surface area contributed by atoms with E-state index in [-0.39, 0.29) is 11.3 Å². The first-order valence-electron chi connectivity index (χ1n) is 4.61. The number of nitrogens with two attached hydrogens (primary N) is 2. The van der Waals surface area contributed by atoms with E-state index < -0.39 is 30.4 Å². The number of primary amides is 1. The van der Waals surface area contributed by atoms with Crippen LogP contribution in [0, 0.1) is 5.82 Å². The summed E-state index contributed by atoms with van der Waals surface area (Å²) < 4.78 is 13.1. The van der Waals surface area contributed by atoms with Crippen LogP contribution in [-0.2, 0) is 4.79 Å². The molecule has 0 aromatic heterocycles. The van der Waals surface area contributed by atoms with Crippen molar-refractivity contribution in [2.24, 2.45) is 5.73 Å². The molecule has 1 aromatic rings. The number of halogens is 1. The quantitative estimate of drug-likeness (QED) is 0.529. The molecule has 0 radical (unpaired) electrons. The molecular weight excluding hydrogens is 215 g/mol. The number of anilines is 1. The summed E-state index contributed by atoms with van der Waals surface area (Å²) in [5.74, 6) is -1.44. The van der Waals surface area contributed by atoms with E-state index in [0.717, 1.165) is 6.07 Å². The second-order valence-corrected chi connectivity index (χ2v) is 3.46. The summed E-state index contributed by atoms with van der Waals surface area (Å²) in [5.41, 5.74) is 10.2. The Bertz CT molecular complexity index is 398. The smallest absolute Gasteiger partial charge is 0.220 e. The van der Waals surface area contributed by atoms with Crippen molar-refractivity contribution in [3.8, 4) is 0 Å². The average Bonchev–Trinajstić information content (AvgIpc) is 2.20. The van der Waals surface area contributed by atoms with Crippen molar-refractivity contribution in [2.75, 3.05) is 5.73 Å². The van der Waals surface area contributed by atoms with Crippen molar-refractivity contribution < 1.29 is 19.4 Å². The highest BCUT2D eigenvalue weighted by Crippen LogP contribution is 2.22. The zero-order valence-corrected chi connectivity index (χ0v) is 8.43. The van der Waals surface area contributed by atoms with Gasteiger partial charge < -0.3 is 21.7 Å². The van der Waals surface area contributed by atoms with Crippen molar-refractivity contribution in [1.29, 1.82) is 0 Å². The maximum absolute atomic E-state index is 13.1. The van der Waals surface area contributed by atoms with Gasteiger partial charge in [-0.3, -0.25) is 4.79 Å². The Labute approximate surface area is 91.5 Å². The summed E-state index contributed by atoms with van der Waals surface area (Å²) in [5, 5.41) is 19.0. The third-order valence-corrected chi connectivity index (χ3v) is 2.14. The molecule has 0 heterocycles. The minimum atomic E-state index is -1.37. The molecule has 0 bridgehead atoms. The number of nitrogen functional groups attached to an aromatic ring is 1. The molecule has 1 amide bonds. The number of rotatable bonds is 4. The summed E-state index contributed by atoms with van der Waals surface area (Å²) in [4.78, 5) is 10.5. The second-order valence-electron chi connectivity index (χ2n) is 3.46. The molecule has 1 aromatic carbocycles. The largest absolute Gasteiger partial charge is 0.396 e. The first-order valence-corrected chi connectivity index (χ1v) is 4.61. The normalized spacial score (nSPS) is 14.4. The predicted octanol–water partition coefficient (Wildman–Crippen LogP) is -0.322. The minimum absolute atomic E-state index is 0.0552. The average molecular weight is 228 g/mol. The molecule has 6 heteroatoms. The lowest BCUT2D eigenvalue weighted by molar-refractivity contribution is -0.121. The third-order valence-electron chi connectivity index (χ3n) is 2.14. The Morgan fingerprint density at radius 1 is 1.44 bits per heavy atom. The number of carbonyl (C=O) groups is 1. The van der Waals surface area contributed by atoms with Gasteiger partial charge in [-0.05, 0) is 17.7 Å². The molecule has 0 aliphatic carbocycles. The van der Waals surface area contributed by atoms with E-state index in [9.17, 15) is 19.4 Å². The van der Waals surface area contributed by atoms with E-state index >= 15 is 0 Å². The van der Waals surface area contributed by atoms with Gasteiger partial charge in [-0.2, -0.15) is 0 Å². The molecule has 2 atom stereocenters. The Hall–Kier alpha value is -1.66. The van der Waals surface area contributed by atoms with E-state index in [1.54, 1.807) is 0 Å². The van der Waals surface area contributed by atoms with E-state index in [0.29, 0.717) is 0 Å². The highest BCUT2D eigenvalue weighted by Gasteiger charge is 2.20. The topological polar surface area (TPSA) is 110 Å². The molecule has 0 fully saturated rings. The highest BCUT2D eigenvalue weighted by molar-refractivity contribution is 5.74. The van der Waals surface area contributed by atoms with Crippen LogP contribution >= 0.6 is 0 Å². The van der Waals surface area contributed by atoms with Crippen LogP contribution in [-0.4, -0.2) is 22.2 Å². The fraction of sp³-hybridized carbons (Fsp3) is 0.300. The standard InChI is InChI=1S/C10H13FN2O3/c11-6-3-5(1-2-7(6)12)10(16)8(14)4-9(13)15/h1-3,8,10,14,16H,4,12H2,(H2,13,15). The Balaban J connectivity index is 2.83. The zero-order valence-electron chi connectivity index (χ0n) is 8.43. The van der Waals surface area contributed by atoms with Gasteiger partial charge >= 0.3 is 0 Å². The number of aliphatic hydroxyl groups is 2. The lowest BCUT2D eigenvalue weighted by Crippen LogP contribution is -2.25. The van der Waals surface area contributed by atoms with E-state index in [4.69, 9.17) is 11.5 Å². The lowest BCUT2D eigenvalue weighted by atomic mass is 10.0. The van der Waals surface area contributed by atoms with Crippen LogP contribution in [0.15, 0.2) is 18.2 Å². The molecular formula is C10H13FN2O3. The van der Waals surface area contributed by atoms with E-state index in [2.05, 4.69) is 0 Å². The van der Waals surface area contributed by atoms with Crippen molar-refractivity contribution in [2.45, 2.75) is 18.6 Å². The zero-order chi connectivity index (χ0) is 12.3. The number of hydrogen-bond acceptors (Lipinski definition) is 4. The van der Waals surface area contributed by atoms with Gasteiger partial charge in [0.05, 0.1) is 18.2 Å². The maximum atomic E-state index is 13.1. The summed E-state index contributed by atoms with van der Waals surface area (Å²) in [6.45, 7) is 0.